The van der Waals surface area contributed by atoms with E-state index >= 15 is 0 Å². The maximum atomic E-state index is 11.5. The largest absolute Gasteiger partial charge is 0.480 e. The Labute approximate surface area is 105 Å². The number of amides is 1. The Morgan fingerprint density at radius 2 is 1.89 bits per heavy atom. The molecule has 0 unspecified atom stereocenters. The molecule has 5 nitrogen and oxygen atoms in total. The molecule has 0 aliphatic carbocycles. The Kier molecular flexibility index (Phi) is 5.07. The molecule has 96 valence electrons. The van der Waals surface area contributed by atoms with E-state index in [-0.39, 0.29) is 0 Å². The molecule has 0 saturated heterocycles. The number of carboxylic acids is 1. The van der Waals surface area contributed by atoms with Gasteiger partial charge in [-0.3, -0.25) is 4.79 Å². The highest BCUT2D eigenvalue weighted by Crippen LogP contribution is 2.01. The van der Waals surface area contributed by atoms with Crippen molar-refractivity contribution in [1.82, 2.24) is 5.32 Å². The maximum absolute atomic E-state index is 11.5. The average molecular weight is 249 g/mol. The van der Waals surface area contributed by atoms with Crippen LogP contribution in [0.15, 0.2) is 36.4 Å². The molecule has 0 heterocycles. The molecule has 0 fully saturated rings. The molecule has 1 rings (SSSR count). The summed E-state index contributed by atoms with van der Waals surface area (Å²) in [5, 5.41) is 20.2. The smallest absolute Gasteiger partial charge is 0.328 e. The second kappa shape index (κ2) is 6.56. The van der Waals surface area contributed by atoms with Gasteiger partial charge in [-0.05, 0) is 18.6 Å². The lowest BCUT2D eigenvalue weighted by Crippen LogP contribution is -2.47. The minimum Gasteiger partial charge on any atom is -0.480 e. The van der Waals surface area contributed by atoms with Gasteiger partial charge in [0.2, 0.25) is 5.91 Å². The quantitative estimate of drug-likeness (QED) is 0.669. The molecule has 0 saturated carbocycles. The van der Waals surface area contributed by atoms with Crippen LogP contribution in [0.2, 0.25) is 0 Å². The first-order valence-corrected chi connectivity index (χ1v) is 5.45. The number of nitrogens with one attached hydrogen (secondary N) is 1. The fraction of sp³-hybridized carbons (Fsp3) is 0.231. The van der Waals surface area contributed by atoms with Crippen molar-refractivity contribution in [3.8, 4) is 0 Å². The molecule has 5 heteroatoms. The molecular weight excluding hydrogens is 234 g/mol. The van der Waals surface area contributed by atoms with Crippen LogP contribution in [-0.4, -0.2) is 34.2 Å². The predicted molar refractivity (Wildman–Crippen MR) is 66.7 cm³/mol. The van der Waals surface area contributed by atoms with Gasteiger partial charge >= 0.3 is 5.97 Å². The molecule has 0 spiro atoms. The summed E-state index contributed by atoms with van der Waals surface area (Å²) in [6.07, 6.45) is 1.64. The summed E-state index contributed by atoms with van der Waals surface area (Å²) in [6, 6.07) is 7.82. The molecular formula is C13H15NO4. The first-order chi connectivity index (χ1) is 8.50. The molecule has 0 bridgehead atoms. The SMILES string of the molecule is C[C@@H](O)[C@H](NC(=O)/C=C/c1ccccc1)C(=O)O. The monoisotopic (exact) mass is 249 g/mol. The molecule has 1 amide bonds. The van der Waals surface area contributed by atoms with Crippen LogP contribution in [0.3, 0.4) is 0 Å². The summed E-state index contributed by atoms with van der Waals surface area (Å²) in [5.74, 6) is -1.83. The van der Waals surface area contributed by atoms with E-state index in [0.717, 1.165) is 5.56 Å². The Morgan fingerprint density at radius 1 is 1.28 bits per heavy atom. The summed E-state index contributed by atoms with van der Waals surface area (Å²) in [7, 11) is 0. The van der Waals surface area contributed by atoms with E-state index in [9.17, 15) is 14.7 Å². The van der Waals surface area contributed by atoms with Crippen LogP contribution in [0.25, 0.3) is 6.08 Å². The number of benzene rings is 1. The van der Waals surface area contributed by atoms with Gasteiger partial charge in [-0.1, -0.05) is 30.3 Å². The summed E-state index contributed by atoms with van der Waals surface area (Å²) in [4.78, 5) is 22.2. The molecule has 18 heavy (non-hydrogen) atoms. The van der Waals surface area contributed by atoms with Crippen LogP contribution in [0.4, 0.5) is 0 Å². The lowest BCUT2D eigenvalue weighted by molar-refractivity contribution is -0.144. The standard InChI is InChI=1S/C13H15NO4/c1-9(15)12(13(17)18)14-11(16)8-7-10-5-3-2-4-6-10/h2-9,12,15H,1H3,(H,14,16)(H,17,18)/b8-7+/t9-,12+/m1/s1. The number of carbonyl (C=O) groups excluding carboxylic acids is 1. The van der Waals surface area contributed by atoms with Crippen molar-refractivity contribution in [1.29, 1.82) is 0 Å². The highest BCUT2D eigenvalue weighted by molar-refractivity contribution is 5.94. The Hall–Kier alpha value is -2.14. The number of carboxylic acid groups (broad SMARTS) is 1. The van der Waals surface area contributed by atoms with Crippen LogP contribution in [0.5, 0.6) is 0 Å². The third-order valence-electron chi connectivity index (χ3n) is 2.27. The zero-order chi connectivity index (χ0) is 13.5. The van der Waals surface area contributed by atoms with Crippen LogP contribution in [0, 0.1) is 0 Å². The van der Waals surface area contributed by atoms with Crippen LogP contribution < -0.4 is 5.32 Å². The molecule has 0 aliphatic rings. The third-order valence-corrected chi connectivity index (χ3v) is 2.27. The summed E-state index contributed by atoms with van der Waals surface area (Å²) >= 11 is 0. The van der Waals surface area contributed by atoms with Gasteiger partial charge in [0, 0.05) is 6.08 Å². The molecule has 1 aromatic carbocycles. The molecule has 3 N–H and O–H groups in total. The zero-order valence-corrected chi connectivity index (χ0v) is 9.91. The van der Waals surface area contributed by atoms with E-state index in [1.165, 1.54) is 13.0 Å². The highest BCUT2D eigenvalue weighted by Gasteiger charge is 2.23. The Morgan fingerprint density at radius 3 is 2.39 bits per heavy atom. The minimum atomic E-state index is -1.31. The molecule has 0 aliphatic heterocycles. The van der Waals surface area contributed by atoms with Crippen molar-refractivity contribution >= 4 is 18.0 Å². The first-order valence-electron chi connectivity index (χ1n) is 5.45. The highest BCUT2D eigenvalue weighted by atomic mass is 16.4. The summed E-state index contributed by atoms with van der Waals surface area (Å²) in [5.41, 5.74) is 0.830. The lowest BCUT2D eigenvalue weighted by Gasteiger charge is -2.15. The second-order valence-electron chi connectivity index (χ2n) is 3.81. The van der Waals surface area contributed by atoms with Gasteiger partial charge in [-0.2, -0.15) is 0 Å². The summed E-state index contributed by atoms with van der Waals surface area (Å²) in [6.45, 7) is 1.31. The van der Waals surface area contributed by atoms with Crippen LogP contribution in [-0.2, 0) is 9.59 Å². The van der Waals surface area contributed by atoms with Gasteiger partial charge in [0.15, 0.2) is 6.04 Å². The maximum Gasteiger partial charge on any atom is 0.328 e. The number of hydrogen-bond acceptors (Lipinski definition) is 3. The van der Waals surface area contributed by atoms with Crippen molar-refractivity contribution in [2.45, 2.75) is 19.1 Å². The fourth-order valence-corrected chi connectivity index (χ4v) is 1.33. The van der Waals surface area contributed by atoms with Crippen LogP contribution in [0.1, 0.15) is 12.5 Å². The van der Waals surface area contributed by atoms with Crippen molar-refractivity contribution in [2.24, 2.45) is 0 Å². The number of aliphatic carboxylic acids is 1. The molecule has 1 aromatic rings. The normalized spacial score (nSPS) is 14.1. The van der Waals surface area contributed by atoms with E-state index in [0.29, 0.717) is 0 Å². The topological polar surface area (TPSA) is 86.6 Å². The molecule has 0 aromatic heterocycles. The van der Waals surface area contributed by atoms with E-state index in [1.54, 1.807) is 6.08 Å². The zero-order valence-electron chi connectivity index (χ0n) is 9.91. The van der Waals surface area contributed by atoms with Gasteiger partial charge in [0.25, 0.3) is 0 Å². The second-order valence-corrected chi connectivity index (χ2v) is 3.81. The lowest BCUT2D eigenvalue weighted by atomic mass is 10.2. The van der Waals surface area contributed by atoms with Gasteiger partial charge in [0.1, 0.15) is 0 Å². The predicted octanol–water partition coefficient (Wildman–Crippen LogP) is 0.650. The van der Waals surface area contributed by atoms with Crippen molar-refractivity contribution in [2.75, 3.05) is 0 Å². The number of aliphatic hydroxyl groups is 1. The number of hydrogen-bond donors (Lipinski definition) is 3. The van der Waals surface area contributed by atoms with E-state index in [2.05, 4.69) is 5.32 Å². The van der Waals surface area contributed by atoms with Gasteiger partial charge in [-0.15, -0.1) is 0 Å². The van der Waals surface area contributed by atoms with Gasteiger partial charge in [0.05, 0.1) is 6.10 Å². The third kappa shape index (κ3) is 4.39. The minimum absolute atomic E-state index is 0.563. The fourth-order valence-electron chi connectivity index (χ4n) is 1.33. The van der Waals surface area contributed by atoms with Gasteiger partial charge < -0.3 is 15.5 Å². The first kappa shape index (κ1) is 13.9. The van der Waals surface area contributed by atoms with Gasteiger partial charge in [-0.25, -0.2) is 4.79 Å². The average Bonchev–Trinajstić information content (AvgIpc) is 2.34. The van der Waals surface area contributed by atoms with Crippen molar-refractivity contribution in [3.63, 3.8) is 0 Å². The summed E-state index contributed by atoms with van der Waals surface area (Å²) < 4.78 is 0. The van der Waals surface area contributed by atoms with Crippen molar-refractivity contribution in [3.05, 3.63) is 42.0 Å². The molecule has 0 radical (unpaired) electrons. The molecule has 2 atom stereocenters. The van der Waals surface area contributed by atoms with E-state index in [1.807, 2.05) is 30.3 Å². The number of carbonyl (C=O) groups is 2. The van der Waals surface area contributed by atoms with Crippen LogP contribution >= 0.6 is 0 Å². The Bertz CT molecular complexity index is 440. The van der Waals surface area contributed by atoms with E-state index < -0.39 is 24.0 Å². The Balaban J connectivity index is 2.61. The van der Waals surface area contributed by atoms with E-state index in [4.69, 9.17) is 5.11 Å². The number of rotatable bonds is 5. The van der Waals surface area contributed by atoms with Crippen molar-refractivity contribution < 1.29 is 19.8 Å². The number of aliphatic hydroxyl groups excluding tert-OH is 1.